The van der Waals surface area contributed by atoms with Crippen molar-refractivity contribution >= 4 is 5.91 Å². The van der Waals surface area contributed by atoms with Crippen LogP contribution in [0.2, 0.25) is 0 Å². The minimum Gasteiger partial charge on any atom is -0.396 e. The molecule has 0 spiro atoms. The van der Waals surface area contributed by atoms with E-state index in [1.165, 1.54) is 12.1 Å². The van der Waals surface area contributed by atoms with E-state index in [1.807, 2.05) is 0 Å². The van der Waals surface area contributed by atoms with E-state index in [4.69, 9.17) is 0 Å². The van der Waals surface area contributed by atoms with Crippen LogP contribution in [-0.2, 0) is 6.18 Å². The number of nitrogens with one attached hydrogen (secondary N) is 1. The second-order valence-electron chi connectivity index (χ2n) is 5.03. The molecule has 6 heteroatoms. The van der Waals surface area contributed by atoms with Gasteiger partial charge >= 0.3 is 6.18 Å². The predicted molar refractivity (Wildman–Crippen MR) is 67.1 cm³/mol. The molecule has 2 N–H and O–H groups in total. The van der Waals surface area contributed by atoms with Gasteiger partial charge in [0.05, 0.1) is 5.56 Å². The van der Waals surface area contributed by atoms with Gasteiger partial charge in [-0.2, -0.15) is 13.2 Å². The molecule has 0 aromatic heterocycles. The van der Waals surface area contributed by atoms with Gasteiger partial charge in [0.1, 0.15) is 0 Å². The molecule has 1 amide bonds. The Morgan fingerprint density at radius 3 is 2.75 bits per heavy atom. The quantitative estimate of drug-likeness (QED) is 0.897. The lowest BCUT2D eigenvalue weighted by Gasteiger charge is -2.19. The number of rotatable bonds is 3. The SMILES string of the molecule is O=C(NC1CCCC1CO)c1cccc(C(F)(F)F)c1. The van der Waals surface area contributed by atoms with Gasteiger partial charge in [0.15, 0.2) is 0 Å². The van der Waals surface area contributed by atoms with Crippen LogP contribution in [0.5, 0.6) is 0 Å². The third kappa shape index (κ3) is 3.30. The number of halogens is 3. The van der Waals surface area contributed by atoms with Gasteiger partial charge in [0.2, 0.25) is 0 Å². The number of benzene rings is 1. The topological polar surface area (TPSA) is 49.3 Å². The number of hydrogen-bond donors (Lipinski definition) is 2. The minimum absolute atomic E-state index is 0.00949. The molecule has 0 radical (unpaired) electrons. The van der Waals surface area contributed by atoms with Crippen molar-refractivity contribution in [2.75, 3.05) is 6.61 Å². The number of hydrogen-bond acceptors (Lipinski definition) is 2. The normalized spacial score (nSPS) is 22.8. The van der Waals surface area contributed by atoms with Crippen molar-refractivity contribution in [1.82, 2.24) is 5.32 Å². The Kier molecular flexibility index (Phi) is 4.32. The Hall–Kier alpha value is -1.56. The summed E-state index contributed by atoms with van der Waals surface area (Å²) >= 11 is 0. The summed E-state index contributed by atoms with van der Waals surface area (Å²) < 4.78 is 37.8. The Labute approximate surface area is 114 Å². The van der Waals surface area contributed by atoms with Crippen LogP contribution < -0.4 is 5.32 Å². The maximum atomic E-state index is 12.6. The first-order valence-corrected chi connectivity index (χ1v) is 6.51. The van der Waals surface area contributed by atoms with Crippen molar-refractivity contribution in [3.8, 4) is 0 Å². The number of aliphatic hydroxyl groups excluding tert-OH is 1. The highest BCUT2D eigenvalue weighted by atomic mass is 19.4. The molecule has 2 unspecified atom stereocenters. The van der Waals surface area contributed by atoms with Crippen molar-refractivity contribution in [2.45, 2.75) is 31.5 Å². The van der Waals surface area contributed by atoms with E-state index in [0.29, 0.717) is 0 Å². The number of carbonyl (C=O) groups excluding carboxylic acids is 1. The fraction of sp³-hybridized carbons (Fsp3) is 0.500. The van der Waals surface area contributed by atoms with E-state index in [9.17, 15) is 23.1 Å². The van der Waals surface area contributed by atoms with E-state index in [-0.39, 0.29) is 24.1 Å². The first-order chi connectivity index (χ1) is 9.41. The lowest BCUT2D eigenvalue weighted by molar-refractivity contribution is -0.137. The summed E-state index contributed by atoms with van der Waals surface area (Å²) in [5.41, 5.74) is -0.848. The van der Waals surface area contributed by atoms with Gasteiger partial charge in [0, 0.05) is 24.1 Å². The lowest BCUT2D eigenvalue weighted by atomic mass is 10.0. The average Bonchev–Trinajstić information content (AvgIpc) is 2.85. The molecular weight excluding hydrogens is 271 g/mol. The maximum absolute atomic E-state index is 12.6. The van der Waals surface area contributed by atoms with Gasteiger partial charge in [-0.05, 0) is 31.0 Å². The Bertz CT molecular complexity index is 488. The summed E-state index contributed by atoms with van der Waals surface area (Å²) in [5, 5.41) is 11.9. The van der Waals surface area contributed by atoms with Crippen LogP contribution >= 0.6 is 0 Å². The average molecular weight is 287 g/mol. The Morgan fingerprint density at radius 1 is 1.35 bits per heavy atom. The first-order valence-electron chi connectivity index (χ1n) is 6.51. The smallest absolute Gasteiger partial charge is 0.396 e. The number of alkyl halides is 3. The molecule has 110 valence electrons. The van der Waals surface area contributed by atoms with Crippen LogP contribution in [0.25, 0.3) is 0 Å². The van der Waals surface area contributed by atoms with E-state index in [0.717, 1.165) is 31.4 Å². The molecule has 1 aromatic carbocycles. The Balaban J connectivity index is 2.10. The molecule has 1 aliphatic carbocycles. The van der Waals surface area contributed by atoms with E-state index >= 15 is 0 Å². The van der Waals surface area contributed by atoms with Gasteiger partial charge in [-0.25, -0.2) is 0 Å². The summed E-state index contributed by atoms with van der Waals surface area (Å²) in [7, 11) is 0. The largest absolute Gasteiger partial charge is 0.416 e. The van der Waals surface area contributed by atoms with Gasteiger partial charge in [-0.15, -0.1) is 0 Å². The van der Waals surface area contributed by atoms with Gasteiger partial charge in [0.25, 0.3) is 5.91 Å². The van der Waals surface area contributed by atoms with Crippen molar-refractivity contribution in [2.24, 2.45) is 5.92 Å². The molecule has 3 nitrogen and oxygen atoms in total. The molecule has 20 heavy (non-hydrogen) atoms. The van der Waals surface area contributed by atoms with Crippen molar-refractivity contribution in [3.63, 3.8) is 0 Å². The highest BCUT2D eigenvalue weighted by Crippen LogP contribution is 2.30. The Morgan fingerprint density at radius 2 is 2.10 bits per heavy atom. The van der Waals surface area contributed by atoms with Crippen molar-refractivity contribution in [1.29, 1.82) is 0 Å². The molecule has 0 aliphatic heterocycles. The molecule has 2 atom stereocenters. The van der Waals surface area contributed by atoms with E-state index < -0.39 is 17.6 Å². The highest BCUT2D eigenvalue weighted by molar-refractivity contribution is 5.94. The summed E-state index contributed by atoms with van der Waals surface area (Å²) in [6.07, 6.45) is -1.99. The standard InChI is InChI=1S/C14H16F3NO2/c15-14(16,17)11-5-1-3-9(7-11)13(20)18-12-6-2-4-10(12)8-19/h1,3,5,7,10,12,19H,2,4,6,8H2,(H,18,20). The number of aliphatic hydroxyl groups is 1. The van der Waals surface area contributed by atoms with Crippen molar-refractivity contribution < 1.29 is 23.1 Å². The zero-order chi connectivity index (χ0) is 14.8. The van der Waals surface area contributed by atoms with Crippen LogP contribution in [0, 0.1) is 5.92 Å². The monoisotopic (exact) mass is 287 g/mol. The molecule has 0 saturated heterocycles. The van der Waals surface area contributed by atoms with Crippen LogP contribution in [0.15, 0.2) is 24.3 Å². The maximum Gasteiger partial charge on any atom is 0.416 e. The zero-order valence-electron chi connectivity index (χ0n) is 10.8. The van der Waals surface area contributed by atoms with E-state index in [2.05, 4.69) is 5.32 Å². The number of amides is 1. The molecule has 1 fully saturated rings. The fourth-order valence-corrected chi connectivity index (χ4v) is 2.53. The molecule has 1 aromatic rings. The predicted octanol–water partition coefficient (Wildman–Crippen LogP) is 2.60. The summed E-state index contributed by atoms with van der Waals surface area (Å²) in [6, 6.07) is 4.19. The second kappa shape index (κ2) is 5.83. The third-order valence-corrected chi connectivity index (χ3v) is 3.66. The van der Waals surface area contributed by atoms with Crippen LogP contribution in [0.3, 0.4) is 0 Å². The number of carbonyl (C=O) groups is 1. The van der Waals surface area contributed by atoms with Crippen LogP contribution in [0.1, 0.15) is 35.2 Å². The fourth-order valence-electron chi connectivity index (χ4n) is 2.53. The molecular formula is C14H16F3NO2. The minimum atomic E-state index is -4.46. The molecule has 0 heterocycles. The summed E-state index contributed by atoms with van der Waals surface area (Å²) in [4.78, 5) is 12.0. The van der Waals surface area contributed by atoms with Gasteiger partial charge in [-0.1, -0.05) is 12.5 Å². The molecule has 0 bridgehead atoms. The molecule has 1 saturated carbocycles. The van der Waals surface area contributed by atoms with E-state index in [1.54, 1.807) is 0 Å². The third-order valence-electron chi connectivity index (χ3n) is 3.66. The summed E-state index contributed by atoms with van der Waals surface area (Å²) in [5.74, 6) is -0.536. The van der Waals surface area contributed by atoms with Crippen LogP contribution in [-0.4, -0.2) is 23.7 Å². The molecule has 1 aliphatic rings. The molecule has 2 rings (SSSR count). The zero-order valence-corrected chi connectivity index (χ0v) is 10.8. The van der Waals surface area contributed by atoms with Crippen molar-refractivity contribution in [3.05, 3.63) is 35.4 Å². The van der Waals surface area contributed by atoms with Gasteiger partial charge in [-0.3, -0.25) is 4.79 Å². The second-order valence-corrected chi connectivity index (χ2v) is 5.03. The highest BCUT2D eigenvalue weighted by Gasteiger charge is 2.32. The summed E-state index contributed by atoms with van der Waals surface area (Å²) in [6.45, 7) is -0.0203. The van der Waals surface area contributed by atoms with Gasteiger partial charge < -0.3 is 10.4 Å². The first kappa shape index (κ1) is 14.8. The lowest BCUT2D eigenvalue weighted by Crippen LogP contribution is -2.38. The van der Waals surface area contributed by atoms with Crippen LogP contribution in [0.4, 0.5) is 13.2 Å².